The van der Waals surface area contributed by atoms with E-state index in [4.69, 9.17) is 16.3 Å². The van der Waals surface area contributed by atoms with Crippen LogP contribution < -0.4 is 16.8 Å². The lowest BCUT2D eigenvalue weighted by Crippen LogP contribution is -2.37. The second kappa shape index (κ2) is 8.34. The van der Waals surface area contributed by atoms with Gasteiger partial charge in [-0.15, -0.1) is 0 Å². The Kier molecular flexibility index (Phi) is 6.07. The molecule has 3 aromatic rings. The third-order valence-electron chi connectivity index (χ3n) is 4.38. The van der Waals surface area contributed by atoms with Gasteiger partial charge in [0.2, 0.25) is 0 Å². The van der Waals surface area contributed by atoms with Gasteiger partial charge < -0.3 is 4.74 Å². The number of hydrogen-bond donors (Lipinski definition) is 0. The molecule has 0 saturated carbocycles. The highest BCUT2D eigenvalue weighted by atomic mass is 35.5. The zero-order valence-electron chi connectivity index (χ0n) is 15.6. The van der Waals surface area contributed by atoms with E-state index < -0.39 is 5.69 Å². The first-order chi connectivity index (χ1) is 13.3. The molecule has 148 valence electrons. The highest BCUT2D eigenvalue weighted by Crippen LogP contribution is 2.23. The molecule has 10 heteroatoms. The molecule has 0 unspecified atom stereocenters. The lowest BCUT2D eigenvalue weighted by atomic mass is 10.2. The van der Waals surface area contributed by atoms with E-state index in [9.17, 15) is 14.4 Å². The van der Waals surface area contributed by atoms with Crippen LogP contribution in [0, 0.1) is 0 Å². The van der Waals surface area contributed by atoms with Crippen LogP contribution in [0.5, 0.6) is 0 Å². The van der Waals surface area contributed by atoms with Gasteiger partial charge in [0.15, 0.2) is 5.16 Å². The maximum atomic E-state index is 12.9. The summed E-state index contributed by atoms with van der Waals surface area (Å²) in [6.45, 7) is 0.678. The van der Waals surface area contributed by atoms with E-state index in [1.54, 1.807) is 32.4 Å². The Morgan fingerprint density at radius 3 is 2.61 bits per heavy atom. The third kappa shape index (κ3) is 3.91. The first-order valence-electron chi connectivity index (χ1n) is 8.41. The number of aromatic nitrogens is 4. The fourth-order valence-electron chi connectivity index (χ4n) is 2.72. The summed E-state index contributed by atoms with van der Waals surface area (Å²) < 4.78 is 9.08. The van der Waals surface area contributed by atoms with Gasteiger partial charge in [0.1, 0.15) is 0 Å². The van der Waals surface area contributed by atoms with Gasteiger partial charge in [-0.1, -0.05) is 23.4 Å². The van der Waals surface area contributed by atoms with Crippen molar-refractivity contribution in [3.8, 4) is 0 Å². The molecule has 8 nitrogen and oxygen atoms in total. The number of thioether (sulfide) groups is 1. The van der Waals surface area contributed by atoms with Gasteiger partial charge in [-0.3, -0.25) is 23.3 Å². The second-order valence-corrected chi connectivity index (χ2v) is 7.55. The molecule has 0 radical (unpaired) electrons. The molecule has 0 fully saturated rings. The van der Waals surface area contributed by atoms with Crippen LogP contribution >= 0.6 is 23.4 Å². The summed E-state index contributed by atoms with van der Waals surface area (Å²) >= 11 is 7.31. The summed E-state index contributed by atoms with van der Waals surface area (Å²) in [6.07, 6.45) is 0. The highest BCUT2D eigenvalue weighted by Gasteiger charge is 2.14. The lowest BCUT2D eigenvalue weighted by Gasteiger charge is -2.14. The molecule has 1 aromatic carbocycles. The first kappa shape index (κ1) is 20.4. The van der Waals surface area contributed by atoms with Gasteiger partial charge in [-0.05, 0) is 18.2 Å². The second-order valence-electron chi connectivity index (χ2n) is 6.17. The van der Waals surface area contributed by atoms with E-state index in [2.05, 4.69) is 4.98 Å². The van der Waals surface area contributed by atoms with E-state index in [1.165, 1.54) is 34.0 Å². The first-order valence-corrected chi connectivity index (χ1v) is 9.77. The van der Waals surface area contributed by atoms with E-state index in [-0.39, 0.29) is 11.1 Å². The molecule has 2 heterocycles. The van der Waals surface area contributed by atoms with Crippen molar-refractivity contribution in [2.24, 2.45) is 14.1 Å². The predicted octanol–water partition coefficient (Wildman–Crippen LogP) is 1.39. The molecule has 0 atom stereocenters. The minimum absolute atomic E-state index is 0.195. The van der Waals surface area contributed by atoms with Gasteiger partial charge in [0.25, 0.3) is 11.1 Å². The summed E-state index contributed by atoms with van der Waals surface area (Å²) in [5.74, 6) is 0.299. The molecule has 28 heavy (non-hydrogen) atoms. The quantitative estimate of drug-likeness (QED) is 0.440. The smallest absolute Gasteiger partial charge is 0.330 e. The number of methoxy groups -OCH3 is 1. The van der Waals surface area contributed by atoms with Gasteiger partial charge in [-0.2, -0.15) is 0 Å². The number of benzene rings is 1. The standard InChI is InChI=1S/C18H19ClN4O4S/c1-21-12(9-15(24)22(2)18(21)26)10-28-17-20-14-8-11(19)4-5-13(14)16(25)23(17)6-7-27-3/h4-5,8-9H,6-7,10H2,1-3H3. The summed E-state index contributed by atoms with van der Waals surface area (Å²) in [7, 11) is 4.59. The molecular formula is C18H19ClN4O4S. The molecule has 0 amide bonds. The van der Waals surface area contributed by atoms with Crippen molar-refractivity contribution in [1.82, 2.24) is 18.7 Å². The van der Waals surface area contributed by atoms with Crippen LogP contribution in [0.15, 0.2) is 43.8 Å². The van der Waals surface area contributed by atoms with Gasteiger partial charge in [0.05, 0.1) is 24.1 Å². The molecule has 0 saturated heterocycles. The minimum Gasteiger partial charge on any atom is -0.383 e. The Bertz CT molecular complexity index is 1220. The number of ether oxygens (including phenoxy) is 1. The van der Waals surface area contributed by atoms with Crippen molar-refractivity contribution in [3.63, 3.8) is 0 Å². The van der Waals surface area contributed by atoms with Crippen molar-refractivity contribution in [1.29, 1.82) is 0 Å². The van der Waals surface area contributed by atoms with Crippen molar-refractivity contribution in [2.75, 3.05) is 13.7 Å². The lowest BCUT2D eigenvalue weighted by molar-refractivity contribution is 0.183. The fourth-order valence-corrected chi connectivity index (χ4v) is 3.93. The van der Waals surface area contributed by atoms with Gasteiger partial charge in [0, 0.05) is 43.7 Å². The largest absolute Gasteiger partial charge is 0.383 e. The fraction of sp³-hybridized carbons (Fsp3) is 0.333. The Morgan fingerprint density at radius 2 is 1.89 bits per heavy atom. The molecular weight excluding hydrogens is 404 g/mol. The van der Waals surface area contributed by atoms with Crippen molar-refractivity contribution in [3.05, 3.63) is 66.2 Å². The van der Waals surface area contributed by atoms with E-state index in [0.717, 1.165) is 4.57 Å². The molecule has 0 aliphatic heterocycles. The Labute approximate surface area is 169 Å². The number of nitrogens with zero attached hydrogens (tertiary/aromatic N) is 4. The Hall–Kier alpha value is -2.36. The van der Waals surface area contributed by atoms with Crippen LogP contribution in [0.2, 0.25) is 5.02 Å². The van der Waals surface area contributed by atoms with Gasteiger partial charge >= 0.3 is 5.69 Å². The van der Waals surface area contributed by atoms with Crippen molar-refractivity contribution < 1.29 is 4.74 Å². The summed E-state index contributed by atoms with van der Waals surface area (Å²) in [4.78, 5) is 41.5. The zero-order chi connectivity index (χ0) is 20.4. The normalized spacial score (nSPS) is 11.3. The average Bonchev–Trinajstić information content (AvgIpc) is 2.67. The Balaban J connectivity index is 2.05. The average molecular weight is 423 g/mol. The van der Waals surface area contributed by atoms with Crippen LogP contribution in [0.3, 0.4) is 0 Å². The maximum absolute atomic E-state index is 12.9. The topological polar surface area (TPSA) is 88.1 Å². The summed E-state index contributed by atoms with van der Waals surface area (Å²) in [5, 5.41) is 1.41. The summed E-state index contributed by atoms with van der Waals surface area (Å²) in [6, 6.07) is 6.34. The molecule has 2 aromatic heterocycles. The molecule has 0 spiro atoms. The van der Waals surface area contributed by atoms with Crippen LogP contribution in [-0.4, -0.2) is 32.4 Å². The summed E-state index contributed by atoms with van der Waals surface area (Å²) in [5.41, 5.74) is 0.0503. The Morgan fingerprint density at radius 1 is 1.14 bits per heavy atom. The molecule has 0 aliphatic rings. The van der Waals surface area contributed by atoms with E-state index >= 15 is 0 Å². The minimum atomic E-state index is -0.405. The third-order valence-corrected chi connectivity index (χ3v) is 5.62. The van der Waals surface area contributed by atoms with Crippen LogP contribution in [0.1, 0.15) is 5.69 Å². The number of hydrogen-bond acceptors (Lipinski definition) is 6. The van der Waals surface area contributed by atoms with E-state index in [0.29, 0.717) is 45.7 Å². The molecule has 3 rings (SSSR count). The van der Waals surface area contributed by atoms with Crippen molar-refractivity contribution >= 4 is 34.3 Å². The molecule has 0 aliphatic carbocycles. The monoisotopic (exact) mass is 422 g/mol. The highest BCUT2D eigenvalue weighted by molar-refractivity contribution is 7.98. The number of fused-ring (bicyclic) bond motifs is 1. The SMILES string of the molecule is COCCn1c(SCc2cc(=O)n(C)c(=O)n2C)nc2cc(Cl)ccc2c1=O. The van der Waals surface area contributed by atoms with Crippen molar-refractivity contribution in [2.45, 2.75) is 17.5 Å². The van der Waals surface area contributed by atoms with E-state index in [1.807, 2.05) is 0 Å². The predicted molar refractivity (Wildman–Crippen MR) is 109 cm³/mol. The molecule has 0 N–H and O–H groups in total. The molecule has 0 bridgehead atoms. The van der Waals surface area contributed by atoms with Gasteiger partial charge in [-0.25, -0.2) is 9.78 Å². The zero-order valence-corrected chi connectivity index (χ0v) is 17.2. The number of rotatable bonds is 6. The van der Waals surface area contributed by atoms with Crippen LogP contribution in [0.25, 0.3) is 10.9 Å². The van der Waals surface area contributed by atoms with Crippen LogP contribution in [0.4, 0.5) is 0 Å². The maximum Gasteiger partial charge on any atom is 0.330 e. The number of halogens is 1. The van der Waals surface area contributed by atoms with Crippen LogP contribution in [-0.2, 0) is 31.1 Å².